The van der Waals surface area contributed by atoms with Crippen LogP contribution in [0.1, 0.15) is 234 Å². The molecule has 5 aromatic rings. The maximum Gasteiger partial charge on any atom is 0.534 e. The van der Waals surface area contributed by atoms with Crippen molar-refractivity contribution in [3.05, 3.63) is 148 Å². The van der Waals surface area contributed by atoms with Gasteiger partial charge in [0.1, 0.15) is 37.2 Å². The van der Waals surface area contributed by atoms with Gasteiger partial charge in [-0.05, 0) is 311 Å². The molecule has 6 atom stereocenters. The number of nitrogens with zero attached hydrogens (tertiary/aromatic N) is 11. The molecule has 716 valence electrons. The van der Waals surface area contributed by atoms with Crippen molar-refractivity contribution in [3.63, 3.8) is 0 Å². The van der Waals surface area contributed by atoms with E-state index in [2.05, 4.69) is 127 Å². The van der Waals surface area contributed by atoms with E-state index in [1.54, 1.807) is 94.4 Å². The summed E-state index contributed by atoms with van der Waals surface area (Å²) in [5.41, 5.74) is 0.463. The Labute approximate surface area is 780 Å². The summed E-state index contributed by atoms with van der Waals surface area (Å²) in [4.78, 5) is 94.2. The average molecular weight is 1950 g/mol. The molecule has 6 aliphatic rings. The van der Waals surface area contributed by atoms with Crippen LogP contribution in [0.2, 0.25) is 0 Å². The number of halogens is 5. The Hall–Kier alpha value is -9.17. The van der Waals surface area contributed by atoms with Gasteiger partial charge in [0.15, 0.2) is 0 Å². The molecule has 11 rings (SSSR count). The number of nitrogens with one attached hydrogen (secondary N) is 4. The molecule has 37 heteroatoms. The van der Waals surface area contributed by atoms with E-state index in [-0.39, 0.29) is 31.1 Å². The second-order valence-corrected chi connectivity index (χ2v) is 41.7. The van der Waals surface area contributed by atoms with Crippen LogP contribution >= 0.6 is 31.9 Å². The van der Waals surface area contributed by atoms with E-state index in [9.17, 15) is 45.6 Å². The number of amides is 5. The smallest absolute Gasteiger partial charge is 0.443 e. The highest BCUT2D eigenvalue weighted by Crippen LogP contribution is 2.41. The molecular weight excluding hydrogens is 1810 g/mol. The van der Waals surface area contributed by atoms with Gasteiger partial charge in [-0.1, -0.05) is 46.8 Å². The first-order chi connectivity index (χ1) is 59.5. The molecule has 0 aliphatic carbocycles. The number of aromatic nitrogens is 5. The average Bonchev–Trinajstić information content (AvgIpc) is 1.62. The Morgan fingerprint density at radius 1 is 0.504 bits per heavy atom. The Balaban J connectivity index is 0.000000272. The number of alkyl halides is 3. The Morgan fingerprint density at radius 2 is 0.915 bits per heavy atom. The minimum Gasteiger partial charge on any atom is -0.443 e. The van der Waals surface area contributed by atoms with Gasteiger partial charge in [-0.2, -0.15) is 21.6 Å². The molecule has 6 aliphatic heterocycles. The van der Waals surface area contributed by atoms with Crippen molar-refractivity contribution in [1.82, 2.24) is 44.9 Å². The van der Waals surface area contributed by atoms with Gasteiger partial charge in [-0.15, -0.1) is 0 Å². The van der Waals surface area contributed by atoms with Crippen LogP contribution in [0.25, 0.3) is 5.70 Å². The zero-order valence-electron chi connectivity index (χ0n) is 80.8. The summed E-state index contributed by atoms with van der Waals surface area (Å²) in [7, 11) is 2.58. The first kappa shape index (κ1) is 110. The fraction of sp³-hybridized carbons (Fsp3) is 0.598. The Morgan fingerprint density at radius 3 is 1.32 bits per heavy atom. The first-order valence-corrected chi connectivity index (χ1v) is 46.4. The topological polar surface area (TPSA) is 334 Å². The third kappa shape index (κ3) is 37.6. The normalized spacial score (nSPS) is 19.7. The molecule has 11 heterocycles. The van der Waals surface area contributed by atoms with Crippen LogP contribution in [0.3, 0.4) is 0 Å². The second kappa shape index (κ2) is 47.8. The maximum atomic E-state index is 12.7. The van der Waals surface area contributed by atoms with Gasteiger partial charge >= 0.3 is 53.2 Å². The predicted molar refractivity (Wildman–Crippen MR) is 510 cm³/mol. The number of allylic oxidation sites excluding steroid dienone is 3. The van der Waals surface area contributed by atoms with Crippen molar-refractivity contribution >= 4 is 119 Å². The number of hydrogen-bond donors (Lipinski definition) is 4. The summed E-state index contributed by atoms with van der Waals surface area (Å²) in [6.07, 6.45) is 18.2. The van der Waals surface area contributed by atoms with E-state index in [1.807, 2.05) is 181 Å². The zero-order chi connectivity index (χ0) is 97.3. The van der Waals surface area contributed by atoms with Gasteiger partial charge in [0.05, 0.1) is 105 Å². The summed E-state index contributed by atoms with van der Waals surface area (Å²) >= 11 is 6.47. The number of hydrogen-bond acceptors (Lipinski definition) is 25. The highest BCUT2D eigenvalue weighted by Gasteiger charge is 2.55. The number of piperidine rings is 1. The lowest BCUT2D eigenvalue weighted by Gasteiger charge is -2.34. The lowest BCUT2D eigenvalue weighted by Crippen LogP contribution is -2.45. The van der Waals surface area contributed by atoms with Gasteiger partial charge in [0.25, 0.3) is 0 Å². The Bertz CT molecular complexity index is 4670. The summed E-state index contributed by atoms with van der Waals surface area (Å²) in [5, 5.41) is 12.7. The number of aliphatic imine (C=N–C) groups is 1. The number of anilines is 5. The molecule has 2 fully saturated rings. The summed E-state index contributed by atoms with van der Waals surface area (Å²) in [6.45, 7) is 48.6. The molecule has 0 spiro atoms. The van der Waals surface area contributed by atoms with Crippen LogP contribution in [-0.4, -0.2) is 204 Å². The highest BCUT2D eigenvalue weighted by atomic mass is 79.9. The standard InChI is InChI=1S/C22H33N3O4.C17H30BNO4.C12H18F3NO5S.C12H19N3.C12H17N3.C11H15BrN2O2.C6H7BrN2/c1-15-9-12-18(25(14-15)20(27)29-22(5,6)7)17-11-10-16(13-23-17)24(8)19(26)28-21(2,3)4;1-12-9-10-13(18-22-16(5,6)17(7,8)23-18)19(11-12)14(20)21-15(2,3)4;1-8-5-6-9(21-22(18,19)12(13,14)15)16(7-8)10(17)20-11(2,3)4;2*1-9-3-5-11(14-7-9)12-6-4-10(13-2)8-15-12;1-11(2,3)16-10(15)14(4)8-5-6-9(12)13-7-8;1-8-5-2-3-6(7)9-4-5/h10-13,15H,9,14H2,1-8H3;10,12H,9,11H2,1-8H3;6,8H,5,7H2,1-4H3;4,6,8-9,11,13-14H,3,5,7H2,1-2H3;4,6,8-9,13H,3,5,7H2,1-2H3;5-7H,1-4H3;2-4,8H,1H3/t;;;9-,11+;;;/m...1.../s1. The van der Waals surface area contributed by atoms with Gasteiger partial charge in [0, 0.05) is 67.5 Å². The van der Waals surface area contributed by atoms with E-state index in [0.717, 1.165) is 104 Å². The first-order valence-electron chi connectivity index (χ1n) is 43.4. The van der Waals surface area contributed by atoms with E-state index < -0.39 is 86.1 Å². The zero-order valence-corrected chi connectivity index (χ0v) is 84.7. The second-order valence-electron chi connectivity index (χ2n) is 38.5. The minimum absolute atomic E-state index is 0.00583. The molecule has 0 bridgehead atoms. The molecule has 129 heavy (non-hydrogen) atoms. The molecule has 30 nitrogen and oxygen atoms in total. The fourth-order valence-electron chi connectivity index (χ4n) is 12.3. The minimum atomic E-state index is -5.84. The van der Waals surface area contributed by atoms with Crippen molar-refractivity contribution in [2.75, 3.05) is 93.7 Å². The Kier molecular flexibility index (Phi) is 40.9. The van der Waals surface area contributed by atoms with Crippen LogP contribution in [-0.2, 0) is 47.3 Å². The van der Waals surface area contributed by atoms with Crippen LogP contribution < -0.4 is 31.1 Å². The number of pyridine rings is 5. The van der Waals surface area contributed by atoms with Crippen molar-refractivity contribution in [2.45, 2.75) is 262 Å². The number of ether oxygens (including phenoxy) is 5. The summed E-state index contributed by atoms with van der Waals surface area (Å²) < 4.78 is 104. The molecule has 4 N–H and O–H groups in total. The lowest BCUT2D eigenvalue weighted by atomic mass is 9.79. The summed E-state index contributed by atoms with van der Waals surface area (Å²) in [6, 6.07) is 19.7. The highest BCUT2D eigenvalue weighted by molar-refractivity contribution is 9.10. The van der Waals surface area contributed by atoms with Gasteiger partial charge in [-0.3, -0.25) is 39.5 Å². The molecule has 5 aromatic heterocycles. The van der Waals surface area contributed by atoms with E-state index >= 15 is 0 Å². The predicted octanol–water partition coefficient (Wildman–Crippen LogP) is 21.4. The molecule has 4 unspecified atom stereocenters. The number of carbonyl (C=O) groups excluding carboxylic acids is 5. The maximum absolute atomic E-state index is 12.7. The molecule has 0 radical (unpaired) electrons. The fourth-order valence-corrected chi connectivity index (χ4v) is 13.3. The van der Waals surface area contributed by atoms with Gasteiger partial charge in [-0.25, -0.2) is 38.8 Å². The van der Waals surface area contributed by atoms with Crippen molar-refractivity contribution in [2.24, 2.45) is 34.6 Å². The monoisotopic (exact) mass is 1950 g/mol. The summed E-state index contributed by atoms with van der Waals surface area (Å²) in [5.74, 6) is 1.49. The van der Waals surface area contributed by atoms with Crippen LogP contribution in [0.4, 0.5) is 65.6 Å². The third-order valence-corrected chi connectivity index (χ3v) is 22.0. The molecule has 2 saturated heterocycles. The van der Waals surface area contributed by atoms with E-state index in [1.165, 1.54) is 34.8 Å². The SMILES string of the molecule is CC1CC=C(B2OC(C)(C)C(C)(C)O2)N(C(=O)OC(C)(C)C)C1.CC1CC=C(OS(=O)(=O)C(F)(F)F)N(C(=O)OC(C)(C)C)C1.CC1CC=C(c2ccc(N(C)C(=O)OC(C)(C)C)cn2)N(C(=O)OC(C)(C)C)C1.CN(C(=O)OC(C)(C)C)c1ccc(Br)nc1.CNc1ccc(Br)nc1.CNc1ccc(C2=NCC(C)CC2)nc1.CNc1ccc([C@@H]2CC[C@@H](C)CN2)nc1. The number of carbonyl (C=O) groups is 5. The van der Waals surface area contributed by atoms with Crippen molar-refractivity contribution in [1.29, 1.82) is 0 Å². The van der Waals surface area contributed by atoms with Crippen molar-refractivity contribution in [3.8, 4) is 0 Å². The van der Waals surface area contributed by atoms with Crippen molar-refractivity contribution < 1.29 is 82.7 Å². The molecule has 0 saturated carbocycles. The van der Waals surface area contributed by atoms with Gasteiger partial charge < -0.3 is 58.4 Å². The van der Waals surface area contributed by atoms with Gasteiger partial charge in [0.2, 0.25) is 5.88 Å². The molecule has 5 amide bonds. The third-order valence-electron chi connectivity index (χ3n) is 20.1. The quantitative estimate of drug-likeness (QED) is 0.0314. The molecule has 0 aromatic carbocycles. The largest absolute Gasteiger partial charge is 0.534 e. The molecular formula is C92H139BBr2F3N15O15S. The van der Waals surface area contributed by atoms with Crippen LogP contribution in [0, 0.1) is 29.6 Å². The van der Waals surface area contributed by atoms with Crippen LogP contribution in [0.5, 0.6) is 0 Å². The van der Waals surface area contributed by atoms with Crippen LogP contribution in [0.15, 0.2) is 136 Å². The lowest BCUT2D eigenvalue weighted by molar-refractivity contribution is -0.0546. The number of rotatable bonds is 11. The van der Waals surface area contributed by atoms with E-state index in [4.69, 9.17) is 33.0 Å². The van der Waals surface area contributed by atoms with E-state index in [0.29, 0.717) is 48.0 Å².